The number of amides is 1. The van der Waals surface area contributed by atoms with E-state index in [4.69, 9.17) is 5.84 Å². The molecule has 0 saturated carbocycles. The largest absolute Gasteiger partial charge is 0.347 e. The molecule has 1 saturated heterocycles. The Morgan fingerprint density at radius 2 is 2.10 bits per heavy atom. The molecule has 110 valence electrons. The Labute approximate surface area is 118 Å². The van der Waals surface area contributed by atoms with Gasteiger partial charge in [0.2, 0.25) is 0 Å². The fraction of sp³-hybridized carbons (Fsp3) is 0.615. The number of hydrazine groups is 1. The lowest BCUT2D eigenvalue weighted by molar-refractivity contribution is 0.0919. The van der Waals surface area contributed by atoms with E-state index in [0.717, 1.165) is 19.6 Å². The van der Waals surface area contributed by atoms with Gasteiger partial charge in [-0.15, -0.1) is 10.2 Å². The number of nitrogens with one attached hydrogen (secondary N) is 2. The molecule has 2 rings (SSSR count). The van der Waals surface area contributed by atoms with Crippen LogP contribution in [0.4, 0.5) is 5.82 Å². The van der Waals surface area contributed by atoms with Crippen molar-refractivity contribution in [2.45, 2.75) is 32.2 Å². The van der Waals surface area contributed by atoms with Gasteiger partial charge in [-0.05, 0) is 45.0 Å². The first-order valence-electron chi connectivity index (χ1n) is 7.02. The number of nitrogens with two attached hydrogens (primary N) is 1. The highest BCUT2D eigenvalue weighted by atomic mass is 16.2. The number of carbonyl (C=O) groups excluding carboxylic acids is 1. The van der Waals surface area contributed by atoms with Crippen LogP contribution in [0.1, 0.15) is 36.7 Å². The third kappa shape index (κ3) is 4.14. The van der Waals surface area contributed by atoms with Gasteiger partial charge < -0.3 is 15.6 Å². The van der Waals surface area contributed by atoms with Crippen LogP contribution in [0.25, 0.3) is 0 Å². The average Bonchev–Trinajstić information content (AvgIpc) is 2.48. The number of carbonyl (C=O) groups is 1. The van der Waals surface area contributed by atoms with Crippen LogP contribution >= 0.6 is 0 Å². The first-order valence-corrected chi connectivity index (χ1v) is 7.02. The average molecular weight is 278 g/mol. The minimum Gasteiger partial charge on any atom is -0.347 e. The van der Waals surface area contributed by atoms with Crippen molar-refractivity contribution in [1.82, 2.24) is 20.4 Å². The maximum absolute atomic E-state index is 12.0. The molecule has 0 bridgehead atoms. The topological polar surface area (TPSA) is 96.2 Å². The lowest BCUT2D eigenvalue weighted by Crippen LogP contribution is -2.43. The van der Waals surface area contributed by atoms with E-state index in [1.807, 2.05) is 6.92 Å². The van der Waals surface area contributed by atoms with Gasteiger partial charge in [0, 0.05) is 12.6 Å². The summed E-state index contributed by atoms with van der Waals surface area (Å²) in [5, 5.41) is 10.6. The zero-order chi connectivity index (χ0) is 14.4. The Balaban J connectivity index is 1.82. The van der Waals surface area contributed by atoms with Crippen molar-refractivity contribution in [3.63, 3.8) is 0 Å². The van der Waals surface area contributed by atoms with Crippen molar-refractivity contribution < 1.29 is 4.79 Å². The molecular formula is C13H22N6O. The maximum Gasteiger partial charge on any atom is 0.272 e. The number of nitrogen functional groups attached to an aromatic ring is 1. The predicted molar refractivity (Wildman–Crippen MR) is 77.1 cm³/mol. The number of nitrogens with zero attached hydrogens (tertiary/aromatic N) is 3. The SMILES string of the molecule is CC(CN1CCCCC1)NC(=O)c1ccc(NN)nn1. The summed E-state index contributed by atoms with van der Waals surface area (Å²) in [6, 6.07) is 3.32. The lowest BCUT2D eigenvalue weighted by atomic mass is 10.1. The molecule has 1 unspecified atom stereocenters. The minimum atomic E-state index is -0.203. The smallest absolute Gasteiger partial charge is 0.272 e. The van der Waals surface area contributed by atoms with Gasteiger partial charge >= 0.3 is 0 Å². The standard InChI is InChI=1S/C13H22N6O/c1-10(9-19-7-3-2-4-8-19)15-13(20)11-5-6-12(16-14)18-17-11/h5-6,10H,2-4,7-9,14H2,1H3,(H,15,20)(H,16,18). The summed E-state index contributed by atoms with van der Waals surface area (Å²) in [5.74, 6) is 5.43. The number of likely N-dealkylation sites (tertiary alicyclic amines) is 1. The summed E-state index contributed by atoms with van der Waals surface area (Å²) in [6.07, 6.45) is 3.81. The van der Waals surface area contributed by atoms with E-state index in [-0.39, 0.29) is 11.9 Å². The van der Waals surface area contributed by atoms with Crippen LogP contribution in [0.15, 0.2) is 12.1 Å². The lowest BCUT2D eigenvalue weighted by Gasteiger charge is -2.29. The zero-order valence-corrected chi connectivity index (χ0v) is 11.8. The summed E-state index contributed by atoms with van der Waals surface area (Å²) in [4.78, 5) is 14.4. The second-order valence-electron chi connectivity index (χ2n) is 5.18. The van der Waals surface area contributed by atoms with Crippen LogP contribution in [0.5, 0.6) is 0 Å². The van der Waals surface area contributed by atoms with Crippen LogP contribution in [-0.4, -0.2) is 46.7 Å². The van der Waals surface area contributed by atoms with E-state index in [2.05, 4.69) is 25.8 Å². The van der Waals surface area contributed by atoms with Gasteiger partial charge in [-0.25, -0.2) is 5.84 Å². The number of piperidine rings is 1. The third-order valence-electron chi connectivity index (χ3n) is 3.40. The molecule has 7 heteroatoms. The van der Waals surface area contributed by atoms with E-state index in [9.17, 15) is 4.79 Å². The summed E-state index contributed by atoms with van der Waals surface area (Å²) in [5.41, 5.74) is 2.68. The molecule has 1 aromatic heterocycles. The minimum absolute atomic E-state index is 0.0923. The van der Waals surface area contributed by atoms with Gasteiger partial charge in [-0.2, -0.15) is 0 Å². The molecule has 1 aromatic rings. The molecule has 20 heavy (non-hydrogen) atoms. The summed E-state index contributed by atoms with van der Waals surface area (Å²) in [6.45, 7) is 5.13. The Hall–Kier alpha value is -1.73. The third-order valence-corrected chi connectivity index (χ3v) is 3.40. The fourth-order valence-electron chi connectivity index (χ4n) is 2.40. The number of rotatable bonds is 5. The predicted octanol–water partition coefficient (Wildman–Crippen LogP) is 0.366. The molecule has 0 radical (unpaired) electrons. The molecule has 0 aromatic carbocycles. The van der Waals surface area contributed by atoms with Crippen LogP contribution in [0.2, 0.25) is 0 Å². The Morgan fingerprint density at radius 3 is 2.70 bits per heavy atom. The first kappa shape index (κ1) is 14.7. The van der Waals surface area contributed by atoms with Crippen molar-refractivity contribution in [2.75, 3.05) is 25.1 Å². The van der Waals surface area contributed by atoms with Crippen molar-refractivity contribution >= 4 is 11.7 Å². The molecule has 4 N–H and O–H groups in total. The van der Waals surface area contributed by atoms with Crippen molar-refractivity contribution in [1.29, 1.82) is 0 Å². The van der Waals surface area contributed by atoms with Gasteiger partial charge in [0.25, 0.3) is 5.91 Å². The quantitative estimate of drug-likeness (QED) is 0.532. The number of anilines is 1. The van der Waals surface area contributed by atoms with E-state index in [1.54, 1.807) is 12.1 Å². The molecule has 1 aliphatic heterocycles. The van der Waals surface area contributed by atoms with Crippen LogP contribution in [0, 0.1) is 0 Å². The molecule has 1 atom stereocenters. The molecule has 1 amide bonds. The fourth-order valence-corrected chi connectivity index (χ4v) is 2.40. The Kier molecular flexibility index (Phi) is 5.25. The van der Waals surface area contributed by atoms with Crippen LogP contribution < -0.4 is 16.6 Å². The molecule has 0 aliphatic carbocycles. The maximum atomic E-state index is 12.0. The van der Waals surface area contributed by atoms with Crippen molar-refractivity contribution in [3.8, 4) is 0 Å². The van der Waals surface area contributed by atoms with Crippen molar-refractivity contribution in [2.24, 2.45) is 5.84 Å². The molecule has 2 heterocycles. The highest BCUT2D eigenvalue weighted by Crippen LogP contribution is 2.09. The van der Waals surface area contributed by atoms with Gasteiger partial charge in [-0.1, -0.05) is 6.42 Å². The second kappa shape index (κ2) is 7.16. The van der Waals surface area contributed by atoms with Gasteiger partial charge in [-0.3, -0.25) is 4.79 Å². The van der Waals surface area contributed by atoms with E-state index >= 15 is 0 Å². The highest BCUT2D eigenvalue weighted by molar-refractivity contribution is 5.92. The van der Waals surface area contributed by atoms with Gasteiger partial charge in [0.15, 0.2) is 11.5 Å². The van der Waals surface area contributed by atoms with E-state index < -0.39 is 0 Å². The molecule has 7 nitrogen and oxygen atoms in total. The molecular weight excluding hydrogens is 256 g/mol. The Bertz CT molecular complexity index is 429. The number of hydrogen-bond donors (Lipinski definition) is 3. The molecule has 0 spiro atoms. The van der Waals surface area contributed by atoms with E-state index in [1.165, 1.54) is 19.3 Å². The van der Waals surface area contributed by atoms with Crippen molar-refractivity contribution in [3.05, 3.63) is 17.8 Å². The van der Waals surface area contributed by atoms with Gasteiger partial charge in [0.05, 0.1) is 0 Å². The normalized spacial score (nSPS) is 17.5. The van der Waals surface area contributed by atoms with E-state index in [0.29, 0.717) is 11.5 Å². The van der Waals surface area contributed by atoms with Crippen LogP contribution in [0.3, 0.4) is 0 Å². The van der Waals surface area contributed by atoms with Gasteiger partial charge in [0.1, 0.15) is 0 Å². The van der Waals surface area contributed by atoms with Crippen LogP contribution in [-0.2, 0) is 0 Å². The summed E-state index contributed by atoms with van der Waals surface area (Å²) >= 11 is 0. The first-order chi connectivity index (χ1) is 9.69. The Morgan fingerprint density at radius 1 is 1.35 bits per heavy atom. The second-order valence-corrected chi connectivity index (χ2v) is 5.18. The highest BCUT2D eigenvalue weighted by Gasteiger charge is 2.16. The number of aromatic nitrogens is 2. The number of hydrogen-bond acceptors (Lipinski definition) is 6. The molecule has 1 aliphatic rings. The molecule has 1 fully saturated rings. The monoisotopic (exact) mass is 278 g/mol. The summed E-state index contributed by atoms with van der Waals surface area (Å²) in [7, 11) is 0. The summed E-state index contributed by atoms with van der Waals surface area (Å²) < 4.78 is 0. The zero-order valence-electron chi connectivity index (χ0n) is 11.8.